The summed E-state index contributed by atoms with van der Waals surface area (Å²) < 4.78 is 1.72. The predicted octanol–water partition coefficient (Wildman–Crippen LogP) is 4.16. The van der Waals surface area contributed by atoms with Gasteiger partial charge in [0.25, 0.3) is 0 Å². The van der Waals surface area contributed by atoms with Gasteiger partial charge in [-0.1, -0.05) is 17.8 Å². The molecule has 0 aliphatic heterocycles. The van der Waals surface area contributed by atoms with Crippen LogP contribution in [0, 0.1) is 25.2 Å². The third kappa shape index (κ3) is 5.32. The van der Waals surface area contributed by atoms with Crippen molar-refractivity contribution in [2.24, 2.45) is 7.05 Å². The van der Waals surface area contributed by atoms with E-state index in [4.69, 9.17) is 0 Å². The van der Waals surface area contributed by atoms with Crippen LogP contribution in [-0.2, 0) is 35.9 Å². The fraction of sp³-hybridized carbons (Fsp3) is 0.375. The van der Waals surface area contributed by atoms with Crippen molar-refractivity contribution in [2.75, 3.05) is 16.4 Å². The average molecular weight is 495 g/mol. The smallest absolute Gasteiger partial charge is 0.235 e. The number of nitrogens with one attached hydrogen (secondary N) is 2. The molecule has 0 bridgehead atoms. The van der Waals surface area contributed by atoms with Crippen LogP contribution in [0.25, 0.3) is 0 Å². The van der Waals surface area contributed by atoms with Crippen LogP contribution in [0.3, 0.4) is 0 Å². The highest BCUT2D eigenvalue weighted by molar-refractivity contribution is 7.99. The van der Waals surface area contributed by atoms with E-state index in [2.05, 4.69) is 26.9 Å². The normalized spacial score (nSPS) is 12.6. The number of thiophene rings is 1. The maximum atomic E-state index is 12.6. The second-order valence-corrected chi connectivity index (χ2v) is 10.4. The van der Waals surface area contributed by atoms with Gasteiger partial charge in [0.1, 0.15) is 16.9 Å². The molecule has 0 atom stereocenters. The Kier molecular flexibility index (Phi) is 7.34. The minimum absolute atomic E-state index is 0.0788. The number of nitriles is 1. The molecular weight excluding hydrogens is 468 g/mol. The zero-order valence-electron chi connectivity index (χ0n) is 19.4. The lowest BCUT2D eigenvalue weighted by molar-refractivity contribution is -0.116. The molecule has 1 aliphatic rings. The molecule has 0 fully saturated rings. The highest BCUT2D eigenvalue weighted by Crippen LogP contribution is 2.37. The summed E-state index contributed by atoms with van der Waals surface area (Å²) in [5.74, 6) is 0.270. The fourth-order valence-electron chi connectivity index (χ4n) is 3.86. The highest BCUT2D eigenvalue weighted by Gasteiger charge is 2.22. The number of fused-ring (bicyclic) bond motifs is 1. The first-order valence-electron chi connectivity index (χ1n) is 11.1. The molecule has 1 aromatic carbocycles. The van der Waals surface area contributed by atoms with E-state index in [0.717, 1.165) is 42.5 Å². The number of rotatable bonds is 7. The van der Waals surface area contributed by atoms with Crippen molar-refractivity contribution in [3.63, 3.8) is 0 Å². The molecule has 2 aromatic heterocycles. The first-order valence-corrected chi connectivity index (χ1v) is 12.9. The Morgan fingerprint density at radius 2 is 1.94 bits per heavy atom. The summed E-state index contributed by atoms with van der Waals surface area (Å²) in [4.78, 5) is 26.2. The molecule has 3 aromatic rings. The van der Waals surface area contributed by atoms with Gasteiger partial charge in [0, 0.05) is 17.6 Å². The fourth-order valence-corrected chi connectivity index (χ4v) is 5.84. The Labute approximate surface area is 206 Å². The van der Waals surface area contributed by atoms with Crippen molar-refractivity contribution in [1.29, 1.82) is 5.26 Å². The van der Waals surface area contributed by atoms with Gasteiger partial charge in [-0.05, 0) is 68.4 Å². The molecule has 2 N–H and O–H groups in total. The van der Waals surface area contributed by atoms with Gasteiger partial charge in [-0.15, -0.1) is 21.5 Å². The molecular formula is C24H26N6O2S2. The summed E-state index contributed by atoms with van der Waals surface area (Å²) in [6, 6.07) is 8.04. The molecule has 4 rings (SSSR count). The van der Waals surface area contributed by atoms with E-state index in [1.165, 1.54) is 33.5 Å². The van der Waals surface area contributed by atoms with Crippen LogP contribution < -0.4 is 10.6 Å². The van der Waals surface area contributed by atoms with Crippen LogP contribution >= 0.6 is 23.1 Å². The average Bonchev–Trinajstić information content (AvgIpc) is 3.34. The number of hydrogen-bond acceptors (Lipinski definition) is 7. The number of aromatic nitrogens is 3. The quantitative estimate of drug-likeness (QED) is 0.477. The summed E-state index contributed by atoms with van der Waals surface area (Å²) in [6.45, 7) is 4.03. The number of thioether (sulfide) groups is 1. The third-order valence-electron chi connectivity index (χ3n) is 5.90. The van der Waals surface area contributed by atoms with Crippen molar-refractivity contribution in [2.45, 2.75) is 51.1 Å². The van der Waals surface area contributed by atoms with Crippen molar-refractivity contribution in [3.8, 4) is 6.07 Å². The van der Waals surface area contributed by atoms with Crippen LogP contribution in [0.1, 0.15) is 45.8 Å². The van der Waals surface area contributed by atoms with Crippen LogP contribution in [0.5, 0.6) is 0 Å². The lowest BCUT2D eigenvalue weighted by atomic mass is 9.96. The number of amides is 2. The van der Waals surface area contributed by atoms with Gasteiger partial charge in [-0.25, -0.2) is 0 Å². The molecule has 0 spiro atoms. The van der Waals surface area contributed by atoms with Gasteiger partial charge in [0.2, 0.25) is 11.8 Å². The summed E-state index contributed by atoms with van der Waals surface area (Å²) in [5.41, 5.74) is 4.72. The van der Waals surface area contributed by atoms with E-state index in [-0.39, 0.29) is 24.0 Å². The number of aryl methyl sites for hydroxylation is 3. The van der Waals surface area contributed by atoms with Gasteiger partial charge in [0.15, 0.2) is 5.16 Å². The second kappa shape index (κ2) is 10.4. The molecule has 10 heteroatoms. The summed E-state index contributed by atoms with van der Waals surface area (Å²) >= 11 is 2.76. The number of carbonyl (C=O) groups excluding carboxylic acids is 2. The molecule has 34 heavy (non-hydrogen) atoms. The van der Waals surface area contributed by atoms with Crippen molar-refractivity contribution in [1.82, 2.24) is 14.8 Å². The predicted molar refractivity (Wildman–Crippen MR) is 134 cm³/mol. The standard InChI is InChI=1S/C24H26N6O2S2/c1-14-8-9-16(10-15(14)2)26-21(31)11-20-28-29-24(30(20)3)33-13-22(32)27-23-18(12-25)17-6-4-5-7-19(17)34-23/h8-10H,4-7,11,13H2,1-3H3,(H,26,31)(H,27,32). The molecule has 2 heterocycles. The van der Waals surface area contributed by atoms with Crippen LogP contribution in [-0.4, -0.2) is 32.3 Å². The first kappa shape index (κ1) is 24.0. The van der Waals surface area contributed by atoms with Gasteiger partial charge < -0.3 is 15.2 Å². The Hall–Kier alpha value is -3.16. The largest absolute Gasteiger partial charge is 0.326 e. The van der Waals surface area contributed by atoms with E-state index in [9.17, 15) is 14.9 Å². The first-order chi connectivity index (χ1) is 16.4. The molecule has 0 unspecified atom stereocenters. The lowest BCUT2D eigenvalue weighted by Gasteiger charge is -2.09. The van der Waals surface area contributed by atoms with Crippen molar-refractivity contribution < 1.29 is 9.59 Å². The third-order valence-corrected chi connectivity index (χ3v) is 8.13. The summed E-state index contributed by atoms with van der Waals surface area (Å²) in [6.07, 6.45) is 4.16. The van der Waals surface area contributed by atoms with Crippen molar-refractivity contribution >= 4 is 45.6 Å². The van der Waals surface area contributed by atoms with Gasteiger partial charge >= 0.3 is 0 Å². The summed E-state index contributed by atoms with van der Waals surface area (Å²) in [5, 5.41) is 24.8. The minimum Gasteiger partial charge on any atom is -0.326 e. The van der Waals surface area contributed by atoms with E-state index >= 15 is 0 Å². The maximum Gasteiger partial charge on any atom is 0.235 e. The number of benzene rings is 1. The van der Waals surface area contributed by atoms with Crippen LogP contribution in [0.2, 0.25) is 0 Å². The number of nitrogens with zero attached hydrogens (tertiary/aromatic N) is 4. The zero-order chi connectivity index (χ0) is 24.2. The Morgan fingerprint density at radius 1 is 1.15 bits per heavy atom. The second-order valence-electron chi connectivity index (χ2n) is 8.35. The van der Waals surface area contributed by atoms with E-state index in [1.807, 2.05) is 32.0 Å². The Balaban J connectivity index is 1.33. The highest BCUT2D eigenvalue weighted by atomic mass is 32.2. The number of carbonyl (C=O) groups is 2. The molecule has 2 amide bonds. The molecule has 176 valence electrons. The molecule has 8 nitrogen and oxygen atoms in total. The molecule has 1 aliphatic carbocycles. The maximum absolute atomic E-state index is 12.6. The van der Waals surface area contributed by atoms with Gasteiger partial charge in [-0.3, -0.25) is 9.59 Å². The van der Waals surface area contributed by atoms with E-state index in [0.29, 0.717) is 21.5 Å². The van der Waals surface area contributed by atoms with Gasteiger partial charge in [0.05, 0.1) is 17.7 Å². The minimum atomic E-state index is -0.197. The number of anilines is 2. The SMILES string of the molecule is Cc1ccc(NC(=O)Cc2nnc(SCC(=O)Nc3sc4c(c3C#N)CCCC4)n2C)cc1C. The molecule has 0 saturated heterocycles. The van der Waals surface area contributed by atoms with Crippen LogP contribution in [0.4, 0.5) is 10.7 Å². The molecule has 0 radical (unpaired) electrons. The van der Waals surface area contributed by atoms with Crippen LogP contribution in [0.15, 0.2) is 23.4 Å². The summed E-state index contributed by atoms with van der Waals surface area (Å²) in [7, 11) is 1.78. The number of hydrogen-bond donors (Lipinski definition) is 2. The van der Waals surface area contributed by atoms with Crippen molar-refractivity contribution in [3.05, 3.63) is 51.2 Å². The molecule has 0 saturated carbocycles. The monoisotopic (exact) mass is 494 g/mol. The zero-order valence-corrected chi connectivity index (χ0v) is 21.0. The van der Waals surface area contributed by atoms with E-state index in [1.54, 1.807) is 11.6 Å². The Bertz CT molecular complexity index is 1290. The Morgan fingerprint density at radius 3 is 2.71 bits per heavy atom. The van der Waals surface area contributed by atoms with Gasteiger partial charge in [-0.2, -0.15) is 5.26 Å². The van der Waals surface area contributed by atoms with E-state index < -0.39 is 0 Å². The topological polar surface area (TPSA) is 113 Å². The lowest BCUT2D eigenvalue weighted by Crippen LogP contribution is -2.17.